The fraction of sp³-hybridized carbons (Fsp3) is 0.600. The molecule has 0 aliphatic carbocycles. The van der Waals surface area contributed by atoms with Crippen LogP contribution in [0.5, 0.6) is 11.5 Å². The van der Waals surface area contributed by atoms with Crippen LogP contribution in [0.4, 0.5) is 4.79 Å². The molecule has 0 aliphatic rings. The summed E-state index contributed by atoms with van der Waals surface area (Å²) in [6.45, 7) is 7.56. The van der Waals surface area contributed by atoms with Crippen molar-refractivity contribution in [2.45, 2.75) is 32.9 Å². The minimum atomic E-state index is -0.560. The van der Waals surface area contributed by atoms with Crippen LogP contribution in [0.25, 0.3) is 0 Å². The van der Waals surface area contributed by atoms with Crippen molar-refractivity contribution in [2.75, 3.05) is 47.6 Å². The number of guanidine groups is 1. The van der Waals surface area contributed by atoms with E-state index in [1.807, 2.05) is 39.0 Å². The number of aliphatic imine (C=N–C) groups is 1. The first-order chi connectivity index (χ1) is 13.7. The number of methoxy groups -OCH3 is 3. The minimum absolute atomic E-state index is 0.288. The van der Waals surface area contributed by atoms with Crippen molar-refractivity contribution in [1.29, 1.82) is 0 Å². The lowest BCUT2D eigenvalue weighted by molar-refractivity contribution is 0.0206. The van der Waals surface area contributed by atoms with Crippen molar-refractivity contribution in [3.05, 3.63) is 23.8 Å². The van der Waals surface area contributed by atoms with Crippen molar-refractivity contribution >= 4 is 12.1 Å². The zero-order valence-electron chi connectivity index (χ0n) is 18.3. The second-order valence-corrected chi connectivity index (χ2v) is 7.28. The van der Waals surface area contributed by atoms with Gasteiger partial charge in [0.15, 0.2) is 17.5 Å². The number of amides is 1. The first kappa shape index (κ1) is 24.4. The van der Waals surface area contributed by atoms with Crippen LogP contribution < -0.4 is 20.5 Å². The van der Waals surface area contributed by atoms with Gasteiger partial charge in [0, 0.05) is 26.7 Å². The SMILES string of the molecule is COCCN(CCNC(N)=NCc1ccc(OC)c(OC)c1)C(=O)OC(C)(C)C. The number of hydrogen-bond donors (Lipinski definition) is 2. The van der Waals surface area contributed by atoms with E-state index in [-0.39, 0.29) is 5.96 Å². The van der Waals surface area contributed by atoms with E-state index >= 15 is 0 Å². The van der Waals surface area contributed by atoms with Gasteiger partial charge in [-0.25, -0.2) is 9.79 Å². The van der Waals surface area contributed by atoms with Crippen LogP contribution in [0, 0.1) is 0 Å². The van der Waals surface area contributed by atoms with Gasteiger partial charge in [-0.15, -0.1) is 0 Å². The second kappa shape index (κ2) is 12.0. The summed E-state index contributed by atoms with van der Waals surface area (Å²) in [6.07, 6.45) is -0.391. The predicted molar refractivity (Wildman–Crippen MR) is 113 cm³/mol. The Bertz CT molecular complexity index is 673. The Morgan fingerprint density at radius 2 is 1.83 bits per heavy atom. The van der Waals surface area contributed by atoms with E-state index in [2.05, 4.69) is 10.3 Å². The van der Waals surface area contributed by atoms with Crippen LogP contribution in [0.3, 0.4) is 0 Å². The maximum absolute atomic E-state index is 12.3. The van der Waals surface area contributed by atoms with E-state index in [1.54, 1.807) is 26.2 Å². The molecule has 0 fully saturated rings. The smallest absolute Gasteiger partial charge is 0.410 e. The van der Waals surface area contributed by atoms with Gasteiger partial charge in [-0.3, -0.25) is 0 Å². The average Bonchev–Trinajstić information content (AvgIpc) is 2.67. The molecule has 1 amide bonds. The van der Waals surface area contributed by atoms with Crippen molar-refractivity contribution < 1.29 is 23.7 Å². The van der Waals surface area contributed by atoms with Crippen LogP contribution in [-0.4, -0.2) is 70.1 Å². The summed E-state index contributed by atoms with van der Waals surface area (Å²) in [4.78, 5) is 18.2. The third kappa shape index (κ3) is 9.38. The molecule has 0 unspecified atom stereocenters. The number of hydrogen-bond acceptors (Lipinski definition) is 6. The number of benzene rings is 1. The topological polar surface area (TPSA) is 108 Å². The molecule has 164 valence electrons. The number of rotatable bonds is 10. The van der Waals surface area contributed by atoms with E-state index in [0.29, 0.717) is 44.3 Å². The molecule has 0 atom stereocenters. The van der Waals surface area contributed by atoms with Gasteiger partial charge in [-0.1, -0.05) is 6.07 Å². The largest absolute Gasteiger partial charge is 0.493 e. The Morgan fingerprint density at radius 3 is 2.41 bits per heavy atom. The molecule has 3 N–H and O–H groups in total. The maximum Gasteiger partial charge on any atom is 0.410 e. The zero-order chi connectivity index (χ0) is 21.9. The molecule has 0 aliphatic heterocycles. The lowest BCUT2D eigenvalue weighted by Crippen LogP contribution is -2.44. The summed E-state index contributed by atoms with van der Waals surface area (Å²) in [5.74, 6) is 1.58. The number of ether oxygens (including phenoxy) is 4. The summed E-state index contributed by atoms with van der Waals surface area (Å²) in [5, 5.41) is 3.01. The molecular weight excluding hydrogens is 376 g/mol. The van der Waals surface area contributed by atoms with E-state index in [4.69, 9.17) is 24.7 Å². The summed E-state index contributed by atoms with van der Waals surface area (Å²) >= 11 is 0. The molecule has 9 nitrogen and oxygen atoms in total. The first-order valence-corrected chi connectivity index (χ1v) is 9.41. The molecular formula is C20H34N4O5. The standard InChI is InChI=1S/C20H34N4O5/c1-20(2,3)29-19(25)24(11-12-26-4)10-9-22-18(21)23-14-15-7-8-16(27-5)17(13-15)28-6/h7-8,13H,9-12,14H2,1-6H3,(H3,21,22,23). The Morgan fingerprint density at radius 1 is 1.14 bits per heavy atom. The van der Waals surface area contributed by atoms with Gasteiger partial charge in [-0.05, 0) is 38.5 Å². The summed E-state index contributed by atoms with van der Waals surface area (Å²) in [6, 6.07) is 5.57. The highest BCUT2D eigenvalue weighted by atomic mass is 16.6. The zero-order valence-corrected chi connectivity index (χ0v) is 18.3. The molecule has 9 heteroatoms. The summed E-state index contributed by atoms with van der Waals surface area (Å²) in [7, 11) is 4.76. The lowest BCUT2D eigenvalue weighted by atomic mass is 10.2. The molecule has 0 aromatic heterocycles. The van der Waals surface area contributed by atoms with Crippen LogP contribution in [-0.2, 0) is 16.0 Å². The minimum Gasteiger partial charge on any atom is -0.493 e. The van der Waals surface area contributed by atoms with Gasteiger partial charge in [0.05, 0.1) is 27.4 Å². The van der Waals surface area contributed by atoms with Crippen molar-refractivity contribution in [1.82, 2.24) is 10.2 Å². The van der Waals surface area contributed by atoms with E-state index in [1.165, 1.54) is 0 Å². The van der Waals surface area contributed by atoms with E-state index < -0.39 is 11.7 Å². The number of carbonyl (C=O) groups excluding carboxylic acids is 1. The lowest BCUT2D eigenvalue weighted by Gasteiger charge is -2.27. The van der Waals surface area contributed by atoms with Gasteiger partial charge < -0.3 is 34.9 Å². The first-order valence-electron chi connectivity index (χ1n) is 9.41. The van der Waals surface area contributed by atoms with E-state index in [0.717, 1.165) is 5.56 Å². The number of carbonyl (C=O) groups is 1. The molecule has 1 aromatic carbocycles. The normalized spacial score (nSPS) is 11.7. The highest BCUT2D eigenvalue weighted by Crippen LogP contribution is 2.27. The van der Waals surface area contributed by atoms with Crippen molar-refractivity contribution in [3.8, 4) is 11.5 Å². The van der Waals surface area contributed by atoms with Crippen LogP contribution in [0.2, 0.25) is 0 Å². The fourth-order valence-electron chi connectivity index (χ4n) is 2.35. The number of nitrogens with zero attached hydrogens (tertiary/aromatic N) is 2. The van der Waals surface area contributed by atoms with Gasteiger partial charge in [0.25, 0.3) is 0 Å². The maximum atomic E-state index is 12.3. The highest BCUT2D eigenvalue weighted by molar-refractivity contribution is 5.77. The van der Waals surface area contributed by atoms with Crippen LogP contribution in [0.1, 0.15) is 26.3 Å². The molecule has 0 spiro atoms. The molecule has 1 rings (SSSR count). The quantitative estimate of drug-likeness (QED) is 0.449. The van der Waals surface area contributed by atoms with E-state index in [9.17, 15) is 4.79 Å². The van der Waals surface area contributed by atoms with Gasteiger partial charge >= 0.3 is 6.09 Å². The predicted octanol–water partition coefficient (Wildman–Crippen LogP) is 1.99. The Balaban J connectivity index is 2.57. The van der Waals surface area contributed by atoms with Crippen LogP contribution >= 0.6 is 0 Å². The third-order valence-corrected chi connectivity index (χ3v) is 3.78. The second-order valence-electron chi connectivity index (χ2n) is 7.28. The molecule has 0 heterocycles. The average molecular weight is 411 g/mol. The van der Waals surface area contributed by atoms with Crippen molar-refractivity contribution in [3.63, 3.8) is 0 Å². The summed E-state index contributed by atoms with van der Waals surface area (Å²) < 4.78 is 21.0. The molecule has 0 bridgehead atoms. The van der Waals surface area contributed by atoms with Gasteiger partial charge in [0.2, 0.25) is 0 Å². The highest BCUT2D eigenvalue weighted by Gasteiger charge is 2.21. The Labute approximate surface area is 173 Å². The molecule has 29 heavy (non-hydrogen) atoms. The molecule has 0 radical (unpaired) electrons. The molecule has 0 saturated carbocycles. The van der Waals surface area contributed by atoms with Crippen molar-refractivity contribution in [2.24, 2.45) is 10.7 Å². The van der Waals surface area contributed by atoms with Gasteiger partial charge in [0.1, 0.15) is 5.60 Å². The fourth-order valence-corrected chi connectivity index (χ4v) is 2.35. The number of nitrogens with one attached hydrogen (secondary N) is 1. The molecule has 1 aromatic rings. The third-order valence-electron chi connectivity index (χ3n) is 3.78. The summed E-state index contributed by atoms with van der Waals surface area (Å²) in [5.41, 5.74) is 6.31. The molecule has 0 saturated heterocycles. The Kier molecular flexibility index (Phi) is 10.1. The van der Waals surface area contributed by atoms with Gasteiger partial charge in [-0.2, -0.15) is 0 Å². The number of nitrogens with two attached hydrogens (primary N) is 1. The monoisotopic (exact) mass is 410 g/mol. The van der Waals surface area contributed by atoms with Crippen LogP contribution in [0.15, 0.2) is 23.2 Å². The Hall–Kier alpha value is -2.68.